The van der Waals surface area contributed by atoms with Gasteiger partial charge in [-0.2, -0.15) is 4.68 Å². The van der Waals surface area contributed by atoms with Crippen LogP contribution >= 0.6 is 23.5 Å². The lowest BCUT2D eigenvalue weighted by Crippen LogP contribution is -2.53. The second-order valence-corrected chi connectivity index (χ2v) is 10.6. The van der Waals surface area contributed by atoms with Gasteiger partial charge in [-0.25, -0.2) is 9.18 Å². The van der Waals surface area contributed by atoms with Gasteiger partial charge in [-0.05, 0) is 57.4 Å². The Balaban J connectivity index is 1.39. The summed E-state index contributed by atoms with van der Waals surface area (Å²) in [6, 6.07) is 7.75. The number of piperidine rings is 2. The standard InChI is InChI=1S/C24H34ClFN6OS/c1-24(9-14-31(15-10-24)23(33)32-13-8-22(27-32)28-34-3)29(2)17-18-4-5-19(25)16-21(18)30-11-6-20(26)7-12-30/h4-5,8,13,16,20H,6-7,9-12,14-15,17H2,1-3H3,(H,27,28). The Morgan fingerprint density at radius 3 is 2.65 bits per heavy atom. The lowest BCUT2D eigenvalue weighted by Gasteiger charge is -2.45. The fraction of sp³-hybridized carbons (Fsp3) is 0.583. The first-order chi connectivity index (χ1) is 16.3. The number of aromatic nitrogens is 2. The molecule has 186 valence electrons. The van der Waals surface area contributed by atoms with E-state index in [1.165, 1.54) is 22.2 Å². The van der Waals surface area contributed by atoms with E-state index < -0.39 is 6.17 Å². The number of likely N-dealkylation sites (tertiary alicyclic amines) is 1. The molecular weight excluding hydrogens is 475 g/mol. The van der Waals surface area contributed by atoms with Crippen molar-refractivity contribution in [2.24, 2.45) is 0 Å². The second-order valence-electron chi connectivity index (χ2n) is 9.51. The first kappa shape index (κ1) is 25.1. The van der Waals surface area contributed by atoms with E-state index in [1.807, 2.05) is 23.3 Å². The third kappa shape index (κ3) is 5.63. The van der Waals surface area contributed by atoms with Crippen LogP contribution < -0.4 is 9.62 Å². The molecule has 0 radical (unpaired) electrons. The van der Waals surface area contributed by atoms with Crippen LogP contribution in [0.3, 0.4) is 0 Å². The number of halogens is 2. The van der Waals surface area contributed by atoms with Crippen molar-refractivity contribution in [2.75, 3.05) is 49.1 Å². The minimum absolute atomic E-state index is 0.0324. The zero-order chi connectivity index (χ0) is 24.3. The van der Waals surface area contributed by atoms with Gasteiger partial charge in [-0.3, -0.25) is 4.90 Å². The molecule has 0 aliphatic carbocycles. The quantitative estimate of drug-likeness (QED) is 0.546. The van der Waals surface area contributed by atoms with Gasteiger partial charge in [0.1, 0.15) is 6.17 Å². The van der Waals surface area contributed by atoms with E-state index in [9.17, 15) is 9.18 Å². The molecular formula is C24H34ClFN6OS. The number of nitrogens with one attached hydrogen (secondary N) is 1. The summed E-state index contributed by atoms with van der Waals surface area (Å²) in [5.41, 5.74) is 2.28. The molecule has 1 aromatic carbocycles. The summed E-state index contributed by atoms with van der Waals surface area (Å²) >= 11 is 7.78. The maximum atomic E-state index is 13.7. The number of anilines is 2. The summed E-state index contributed by atoms with van der Waals surface area (Å²) in [5, 5.41) is 5.02. The van der Waals surface area contributed by atoms with Gasteiger partial charge in [0.05, 0.1) is 0 Å². The van der Waals surface area contributed by atoms with Crippen molar-refractivity contribution in [1.29, 1.82) is 0 Å². The number of amides is 1. The number of hydrogen-bond acceptors (Lipinski definition) is 6. The Labute approximate surface area is 210 Å². The summed E-state index contributed by atoms with van der Waals surface area (Å²) in [6.07, 6.45) is 5.80. The normalized spacial score (nSPS) is 19.0. The molecule has 0 unspecified atom stereocenters. The van der Waals surface area contributed by atoms with E-state index in [-0.39, 0.29) is 11.6 Å². The maximum Gasteiger partial charge on any atom is 0.344 e. The van der Waals surface area contributed by atoms with Gasteiger partial charge in [-0.15, -0.1) is 5.10 Å². The highest BCUT2D eigenvalue weighted by Gasteiger charge is 2.36. The van der Waals surface area contributed by atoms with E-state index in [2.05, 4.69) is 39.7 Å². The molecule has 1 N–H and O–H groups in total. The van der Waals surface area contributed by atoms with Crippen LogP contribution in [-0.2, 0) is 6.54 Å². The highest BCUT2D eigenvalue weighted by molar-refractivity contribution is 7.99. The minimum Gasteiger partial charge on any atom is -0.371 e. The number of hydrogen-bond donors (Lipinski definition) is 1. The van der Waals surface area contributed by atoms with Crippen molar-refractivity contribution in [1.82, 2.24) is 19.6 Å². The molecule has 2 saturated heterocycles. The predicted octanol–water partition coefficient (Wildman–Crippen LogP) is 5.12. The molecule has 10 heteroatoms. The summed E-state index contributed by atoms with van der Waals surface area (Å²) < 4.78 is 18.1. The van der Waals surface area contributed by atoms with Crippen LogP contribution in [0.4, 0.5) is 20.7 Å². The zero-order valence-electron chi connectivity index (χ0n) is 20.1. The van der Waals surface area contributed by atoms with Crippen LogP contribution in [0.1, 0.15) is 38.2 Å². The van der Waals surface area contributed by atoms with Gasteiger partial charge in [-0.1, -0.05) is 29.6 Å². The van der Waals surface area contributed by atoms with E-state index in [0.717, 1.165) is 25.1 Å². The minimum atomic E-state index is -0.705. The zero-order valence-corrected chi connectivity index (χ0v) is 21.7. The molecule has 1 aromatic heterocycles. The number of alkyl halides is 1. The Morgan fingerprint density at radius 2 is 1.97 bits per heavy atom. The number of benzene rings is 1. The molecule has 0 saturated carbocycles. The summed E-state index contributed by atoms with van der Waals surface area (Å²) in [7, 11) is 2.15. The first-order valence-electron chi connectivity index (χ1n) is 11.8. The molecule has 4 rings (SSSR count). The third-order valence-corrected chi connectivity index (χ3v) is 7.89. The number of carbonyl (C=O) groups is 1. The number of carbonyl (C=O) groups excluding carboxylic acids is 1. The smallest absolute Gasteiger partial charge is 0.344 e. The lowest BCUT2D eigenvalue weighted by atomic mass is 9.87. The second kappa shape index (κ2) is 10.7. The molecule has 2 aromatic rings. The topological polar surface area (TPSA) is 56.6 Å². The van der Waals surface area contributed by atoms with Crippen LogP contribution in [0, 0.1) is 0 Å². The molecule has 7 nitrogen and oxygen atoms in total. The van der Waals surface area contributed by atoms with E-state index in [1.54, 1.807) is 12.3 Å². The monoisotopic (exact) mass is 508 g/mol. The van der Waals surface area contributed by atoms with Gasteiger partial charge < -0.3 is 14.5 Å². The van der Waals surface area contributed by atoms with Crippen LogP contribution in [0.2, 0.25) is 5.02 Å². The fourth-order valence-corrected chi connectivity index (χ4v) is 5.28. The third-order valence-electron chi connectivity index (χ3n) is 7.24. The Morgan fingerprint density at radius 1 is 1.26 bits per heavy atom. The number of rotatable bonds is 6. The van der Waals surface area contributed by atoms with Gasteiger partial charge >= 0.3 is 6.03 Å². The fourth-order valence-electron chi connectivity index (χ4n) is 4.80. The SMILES string of the molecule is CSNc1ccn(C(=O)N2CCC(C)(N(C)Cc3ccc(Cl)cc3N3CCC(F)CC3)CC2)n1. The molecule has 3 heterocycles. The van der Waals surface area contributed by atoms with Crippen molar-refractivity contribution in [2.45, 2.75) is 50.9 Å². The van der Waals surface area contributed by atoms with Crippen LogP contribution in [0.5, 0.6) is 0 Å². The molecule has 2 aliphatic rings. The Bertz CT molecular complexity index is 988. The average molecular weight is 509 g/mol. The van der Waals surface area contributed by atoms with E-state index >= 15 is 0 Å². The molecule has 34 heavy (non-hydrogen) atoms. The van der Waals surface area contributed by atoms with Crippen molar-refractivity contribution in [3.63, 3.8) is 0 Å². The van der Waals surface area contributed by atoms with Crippen LogP contribution in [0.15, 0.2) is 30.5 Å². The first-order valence-corrected chi connectivity index (χ1v) is 13.4. The molecule has 1 amide bonds. The van der Waals surface area contributed by atoms with Gasteiger partial charge in [0.25, 0.3) is 0 Å². The van der Waals surface area contributed by atoms with Crippen molar-refractivity contribution < 1.29 is 9.18 Å². The Kier molecular flexibility index (Phi) is 7.94. The molecule has 0 bridgehead atoms. The lowest BCUT2D eigenvalue weighted by molar-refractivity contribution is 0.0586. The molecule has 2 aliphatic heterocycles. The highest BCUT2D eigenvalue weighted by Crippen LogP contribution is 2.33. The van der Waals surface area contributed by atoms with Crippen molar-refractivity contribution >= 4 is 41.1 Å². The summed E-state index contributed by atoms with van der Waals surface area (Å²) in [5.74, 6) is 0.678. The highest BCUT2D eigenvalue weighted by atomic mass is 35.5. The van der Waals surface area contributed by atoms with Gasteiger partial charge in [0.15, 0.2) is 5.82 Å². The molecule has 0 spiro atoms. The summed E-state index contributed by atoms with van der Waals surface area (Å²) in [6.45, 7) is 5.84. The average Bonchev–Trinajstić information content (AvgIpc) is 3.30. The van der Waals surface area contributed by atoms with Gasteiger partial charge in [0.2, 0.25) is 0 Å². The Hall–Kier alpha value is -1.97. The van der Waals surface area contributed by atoms with Crippen molar-refractivity contribution in [3.8, 4) is 0 Å². The predicted molar refractivity (Wildman–Crippen MR) is 139 cm³/mol. The van der Waals surface area contributed by atoms with Crippen LogP contribution in [0.25, 0.3) is 0 Å². The summed E-state index contributed by atoms with van der Waals surface area (Å²) in [4.78, 5) is 19.4. The van der Waals surface area contributed by atoms with E-state index in [4.69, 9.17) is 11.6 Å². The molecule has 0 atom stereocenters. The number of nitrogens with zero attached hydrogens (tertiary/aromatic N) is 5. The van der Waals surface area contributed by atoms with Crippen LogP contribution in [-0.4, -0.2) is 76.8 Å². The van der Waals surface area contributed by atoms with Crippen molar-refractivity contribution in [3.05, 3.63) is 41.0 Å². The maximum absolute atomic E-state index is 13.7. The van der Waals surface area contributed by atoms with Gasteiger partial charge in [0, 0.05) is 67.5 Å². The largest absolute Gasteiger partial charge is 0.371 e. The molecule has 2 fully saturated rings. The van der Waals surface area contributed by atoms with E-state index in [0.29, 0.717) is 49.9 Å².